The van der Waals surface area contributed by atoms with Crippen LogP contribution in [-0.2, 0) is 27.5 Å². The Morgan fingerprint density at radius 3 is 2.18 bits per heavy atom. The fraction of sp³-hybridized carbons (Fsp3) is 0.700. The Labute approximate surface area is 173 Å². The first-order valence-corrected chi connectivity index (χ1v) is 12.9. The third-order valence-corrected chi connectivity index (χ3v) is 9.45. The summed E-state index contributed by atoms with van der Waals surface area (Å²) in [5, 5.41) is 1.33. The zero-order chi connectivity index (χ0) is 20.6. The zero-order valence-corrected chi connectivity index (χ0v) is 21.1. The molecule has 3 atom stereocenters. The molecule has 1 saturated carbocycles. The summed E-state index contributed by atoms with van der Waals surface area (Å²) in [7, 11) is 7.02. The number of benzene rings is 1. The summed E-state index contributed by atoms with van der Waals surface area (Å²) >= 11 is 0. The SMILES string of the molecule is COC(OC)c1ccccc1[SiH3].CO[Si](CCC1CCC2OC2C1)(OC)OC. The van der Waals surface area contributed by atoms with Crippen LogP contribution in [0.3, 0.4) is 0 Å². The number of ether oxygens (including phenoxy) is 3. The molecular formula is C20H36O6Si2. The van der Waals surface area contributed by atoms with E-state index in [0.717, 1.165) is 34.2 Å². The van der Waals surface area contributed by atoms with Crippen LogP contribution in [0, 0.1) is 5.92 Å². The summed E-state index contributed by atoms with van der Waals surface area (Å²) in [6, 6.07) is 9.10. The maximum atomic E-state index is 5.54. The monoisotopic (exact) mass is 428 g/mol. The Morgan fingerprint density at radius 2 is 1.64 bits per heavy atom. The van der Waals surface area contributed by atoms with Gasteiger partial charge in [-0.05, 0) is 31.6 Å². The number of hydrogen-bond donors (Lipinski definition) is 0. The first-order chi connectivity index (χ1) is 13.5. The zero-order valence-electron chi connectivity index (χ0n) is 18.1. The molecule has 6 nitrogen and oxygen atoms in total. The maximum Gasteiger partial charge on any atom is 0.500 e. The van der Waals surface area contributed by atoms with Crippen LogP contribution < -0.4 is 5.19 Å². The van der Waals surface area contributed by atoms with Crippen LogP contribution in [-0.4, -0.2) is 66.8 Å². The van der Waals surface area contributed by atoms with Crippen molar-refractivity contribution >= 4 is 24.2 Å². The molecule has 1 aromatic rings. The van der Waals surface area contributed by atoms with E-state index in [4.69, 9.17) is 27.5 Å². The van der Waals surface area contributed by atoms with Crippen LogP contribution in [0.2, 0.25) is 6.04 Å². The Morgan fingerprint density at radius 1 is 1.00 bits per heavy atom. The molecule has 3 rings (SSSR count). The standard InChI is InChI=1S/C11H22O4Si.C9H14O2Si/c1-12-16(13-2,14-3)7-6-9-4-5-10-11(8-9)15-10;1-10-9(11-2)7-5-3-4-6-8(7)12/h9-11H,4-8H2,1-3H3;3-6,9H,1-2,12H3. The minimum atomic E-state index is -2.35. The van der Waals surface area contributed by atoms with Crippen molar-refractivity contribution in [1.82, 2.24) is 0 Å². The lowest BCUT2D eigenvalue weighted by Gasteiger charge is -2.27. The number of epoxide rings is 1. The third kappa shape index (κ3) is 6.46. The fourth-order valence-electron chi connectivity index (χ4n) is 3.89. The average molecular weight is 429 g/mol. The first kappa shape index (κ1) is 23.7. The fourth-order valence-corrected chi connectivity index (χ4v) is 6.36. The Bertz CT molecular complexity index is 571. The predicted molar refractivity (Wildman–Crippen MR) is 115 cm³/mol. The molecule has 0 radical (unpaired) electrons. The van der Waals surface area contributed by atoms with Crippen LogP contribution in [0.5, 0.6) is 0 Å². The smallest absolute Gasteiger partial charge is 0.377 e. The second kappa shape index (κ2) is 11.6. The van der Waals surface area contributed by atoms with Crippen molar-refractivity contribution in [2.75, 3.05) is 35.5 Å². The van der Waals surface area contributed by atoms with E-state index in [1.54, 1.807) is 35.5 Å². The van der Waals surface area contributed by atoms with Gasteiger partial charge in [-0.25, -0.2) is 0 Å². The number of methoxy groups -OCH3 is 2. The van der Waals surface area contributed by atoms with Crippen LogP contribution in [0.25, 0.3) is 0 Å². The lowest BCUT2D eigenvalue weighted by atomic mass is 9.88. The summed E-state index contributed by atoms with van der Waals surface area (Å²) in [5.41, 5.74) is 1.15. The van der Waals surface area contributed by atoms with Gasteiger partial charge in [-0.1, -0.05) is 29.5 Å². The highest BCUT2D eigenvalue weighted by atomic mass is 28.4. The van der Waals surface area contributed by atoms with E-state index in [-0.39, 0.29) is 6.29 Å². The second-order valence-electron chi connectivity index (χ2n) is 7.39. The van der Waals surface area contributed by atoms with Crippen molar-refractivity contribution in [3.8, 4) is 0 Å². The van der Waals surface area contributed by atoms with Gasteiger partial charge >= 0.3 is 8.80 Å². The van der Waals surface area contributed by atoms with E-state index >= 15 is 0 Å². The summed E-state index contributed by atoms with van der Waals surface area (Å²) < 4.78 is 32.2. The van der Waals surface area contributed by atoms with E-state index in [0.29, 0.717) is 12.2 Å². The molecule has 2 aliphatic rings. The third-order valence-electron chi connectivity index (χ3n) is 5.78. The van der Waals surface area contributed by atoms with Gasteiger partial charge in [0.15, 0.2) is 6.29 Å². The van der Waals surface area contributed by atoms with Crippen molar-refractivity contribution < 1.29 is 27.5 Å². The lowest BCUT2D eigenvalue weighted by Crippen LogP contribution is -2.43. The molecule has 0 N–H and O–H groups in total. The van der Waals surface area contributed by atoms with Crippen LogP contribution in [0.1, 0.15) is 37.5 Å². The second-order valence-corrected chi connectivity index (χ2v) is 11.6. The number of hydrogen-bond acceptors (Lipinski definition) is 6. The highest BCUT2D eigenvalue weighted by Crippen LogP contribution is 2.41. The molecule has 0 amide bonds. The normalized spacial score (nSPS) is 23.9. The van der Waals surface area contributed by atoms with Crippen molar-refractivity contribution in [1.29, 1.82) is 0 Å². The summed E-state index contributed by atoms with van der Waals surface area (Å²) in [6.45, 7) is 0. The molecule has 2 fully saturated rings. The number of fused-ring (bicyclic) bond motifs is 1. The van der Waals surface area contributed by atoms with Gasteiger partial charge in [0.1, 0.15) is 0 Å². The van der Waals surface area contributed by atoms with E-state index in [9.17, 15) is 0 Å². The van der Waals surface area contributed by atoms with Gasteiger partial charge in [0, 0.05) is 57.4 Å². The number of rotatable bonds is 9. The molecule has 1 saturated heterocycles. The van der Waals surface area contributed by atoms with E-state index in [1.807, 2.05) is 18.2 Å². The molecule has 1 aromatic carbocycles. The first-order valence-electron chi connectivity index (χ1n) is 9.94. The quantitative estimate of drug-likeness (QED) is 0.340. The molecule has 1 aliphatic heterocycles. The van der Waals surface area contributed by atoms with Crippen LogP contribution in [0.15, 0.2) is 24.3 Å². The molecule has 0 aromatic heterocycles. The van der Waals surface area contributed by atoms with Crippen molar-refractivity contribution in [2.45, 2.75) is 50.2 Å². The van der Waals surface area contributed by atoms with Gasteiger partial charge in [0.05, 0.1) is 12.2 Å². The van der Waals surface area contributed by atoms with Crippen molar-refractivity contribution in [3.05, 3.63) is 29.8 Å². The van der Waals surface area contributed by atoms with Gasteiger partial charge in [0.25, 0.3) is 0 Å². The predicted octanol–water partition coefficient (Wildman–Crippen LogP) is 1.79. The summed E-state index contributed by atoms with van der Waals surface area (Å²) in [4.78, 5) is 0. The minimum absolute atomic E-state index is 0.210. The molecule has 8 heteroatoms. The van der Waals surface area contributed by atoms with Gasteiger partial charge in [0.2, 0.25) is 0 Å². The van der Waals surface area contributed by atoms with Gasteiger partial charge < -0.3 is 27.5 Å². The van der Waals surface area contributed by atoms with Crippen molar-refractivity contribution in [2.24, 2.45) is 5.92 Å². The lowest BCUT2D eigenvalue weighted by molar-refractivity contribution is -0.105. The topological polar surface area (TPSA) is 58.7 Å². The molecule has 28 heavy (non-hydrogen) atoms. The molecule has 1 heterocycles. The molecule has 160 valence electrons. The molecule has 0 spiro atoms. The molecule has 1 aliphatic carbocycles. The molecule has 0 bridgehead atoms. The van der Waals surface area contributed by atoms with E-state index in [2.05, 4.69) is 6.07 Å². The Hall–Kier alpha value is -0.586. The molecule has 3 unspecified atom stereocenters. The summed E-state index contributed by atoms with van der Waals surface area (Å²) in [6.07, 6.45) is 5.80. The van der Waals surface area contributed by atoms with E-state index in [1.165, 1.54) is 24.4 Å². The van der Waals surface area contributed by atoms with Gasteiger partial charge in [-0.15, -0.1) is 0 Å². The molecular weight excluding hydrogens is 392 g/mol. The summed E-state index contributed by atoms with van der Waals surface area (Å²) in [5.74, 6) is 0.760. The Balaban J connectivity index is 0.000000209. The minimum Gasteiger partial charge on any atom is -0.377 e. The van der Waals surface area contributed by atoms with Gasteiger partial charge in [-0.3, -0.25) is 0 Å². The van der Waals surface area contributed by atoms with Crippen LogP contribution >= 0.6 is 0 Å². The maximum absolute atomic E-state index is 5.54. The van der Waals surface area contributed by atoms with Gasteiger partial charge in [-0.2, -0.15) is 0 Å². The largest absolute Gasteiger partial charge is 0.500 e. The highest BCUT2D eigenvalue weighted by molar-refractivity contribution is 6.60. The van der Waals surface area contributed by atoms with Crippen LogP contribution in [0.4, 0.5) is 0 Å². The van der Waals surface area contributed by atoms with Crippen molar-refractivity contribution in [3.63, 3.8) is 0 Å². The highest BCUT2D eigenvalue weighted by Gasteiger charge is 2.45. The average Bonchev–Trinajstić information content (AvgIpc) is 3.51. The Kier molecular flexibility index (Phi) is 9.78. The van der Waals surface area contributed by atoms with E-state index < -0.39 is 8.80 Å².